The highest BCUT2D eigenvalue weighted by atomic mass is 35.5. The van der Waals surface area contributed by atoms with Crippen LogP contribution in [-0.4, -0.2) is 64.7 Å². The number of benzene rings is 2. The van der Waals surface area contributed by atoms with Gasteiger partial charge >= 0.3 is 0 Å². The molecule has 0 unspecified atom stereocenters. The van der Waals surface area contributed by atoms with E-state index in [1.54, 1.807) is 12.1 Å². The summed E-state index contributed by atoms with van der Waals surface area (Å²) in [5.41, 5.74) is 3.04. The summed E-state index contributed by atoms with van der Waals surface area (Å²) in [7, 11) is 0. The topological polar surface area (TPSA) is 109 Å². The minimum Gasteiger partial charge on any atom is -0.494 e. The number of hydrogen-bond donors (Lipinski definition) is 4. The van der Waals surface area contributed by atoms with Crippen molar-refractivity contribution in [2.24, 2.45) is 0 Å². The first-order valence-corrected chi connectivity index (χ1v) is 11.3. The average molecular weight is 479 g/mol. The lowest BCUT2D eigenvalue weighted by molar-refractivity contribution is -0.232. The highest BCUT2D eigenvalue weighted by molar-refractivity contribution is 6.31. The Hall–Kier alpha value is -1.97. The van der Waals surface area contributed by atoms with Crippen molar-refractivity contribution in [3.05, 3.63) is 76.3 Å². The van der Waals surface area contributed by atoms with E-state index in [2.05, 4.69) is 6.58 Å². The predicted molar refractivity (Wildman–Crippen MR) is 124 cm³/mol. The lowest BCUT2D eigenvalue weighted by Gasteiger charge is -2.41. The monoisotopic (exact) mass is 478 g/mol. The van der Waals surface area contributed by atoms with Gasteiger partial charge in [0.25, 0.3) is 0 Å². The summed E-state index contributed by atoms with van der Waals surface area (Å²) in [6, 6.07) is 11.3. The number of aliphatic hydroxyl groups excluding tert-OH is 4. The second-order valence-electron chi connectivity index (χ2n) is 7.95. The molecule has 180 valence electrons. The predicted octanol–water partition coefficient (Wildman–Crippen LogP) is 2.55. The highest BCUT2D eigenvalue weighted by Crippen LogP contribution is 2.37. The van der Waals surface area contributed by atoms with Crippen LogP contribution >= 0.6 is 11.6 Å². The summed E-state index contributed by atoms with van der Waals surface area (Å²) >= 11 is 6.60. The summed E-state index contributed by atoms with van der Waals surface area (Å²) in [5, 5.41) is 41.2. The molecule has 33 heavy (non-hydrogen) atoms. The van der Waals surface area contributed by atoms with Gasteiger partial charge < -0.3 is 34.6 Å². The highest BCUT2D eigenvalue weighted by Gasteiger charge is 2.44. The molecule has 0 aromatic heterocycles. The number of aliphatic hydroxyl groups is 4. The maximum atomic E-state index is 10.7. The van der Waals surface area contributed by atoms with E-state index in [4.69, 9.17) is 25.8 Å². The first-order chi connectivity index (χ1) is 15.9. The minimum absolute atomic E-state index is 0.180. The van der Waals surface area contributed by atoms with Crippen molar-refractivity contribution in [3.63, 3.8) is 0 Å². The first kappa shape index (κ1) is 25.6. The molecule has 0 spiro atoms. The zero-order valence-corrected chi connectivity index (χ0v) is 19.3. The normalized spacial score (nSPS) is 25.1. The van der Waals surface area contributed by atoms with E-state index in [1.165, 1.54) is 0 Å². The number of halogens is 1. The number of ether oxygens (including phenoxy) is 3. The van der Waals surface area contributed by atoms with Gasteiger partial charge in [0, 0.05) is 5.02 Å². The van der Waals surface area contributed by atoms with Gasteiger partial charge in [-0.2, -0.15) is 0 Å². The quantitative estimate of drug-likeness (QED) is 0.307. The van der Waals surface area contributed by atoms with E-state index in [0.29, 0.717) is 35.8 Å². The SMILES string of the molecule is C=CCOCc1cc(Cl)c(Cc2ccc(OCC)cc2)cc1[C@@H]1O[C@H](CO)[C@@H](O)[C@H](O)[C@H]1O. The molecule has 0 amide bonds. The smallest absolute Gasteiger partial charge is 0.119 e. The fourth-order valence-electron chi connectivity index (χ4n) is 3.90. The van der Waals surface area contributed by atoms with Crippen LogP contribution in [0.15, 0.2) is 49.1 Å². The Balaban J connectivity index is 1.96. The van der Waals surface area contributed by atoms with Gasteiger partial charge in [0.2, 0.25) is 0 Å². The van der Waals surface area contributed by atoms with Crippen LogP contribution in [0.25, 0.3) is 0 Å². The maximum absolute atomic E-state index is 10.7. The van der Waals surface area contributed by atoms with Crippen LogP contribution in [0.1, 0.15) is 35.3 Å². The Morgan fingerprint density at radius 1 is 1.06 bits per heavy atom. The molecule has 0 bridgehead atoms. The van der Waals surface area contributed by atoms with Crippen molar-refractivity contribution in [1.29, 1.82) is 0 Å². The molecule has 1 aliphatic rings. The molecule has 0 aliphatic carbocycles. The molecular formula is C25H31ClO7. The minimum atomic E-state index is -1.48. The third-order valence-electron chi connectivity index (χ3n) is 5.63. The summed E-state index contributed by atoms with van der Waals surface area (Å²) in [5.74, 6) is 0.782. The summed E-state index contributed by atoms with van der Waals surface area (Å²) in [4.78, 5) is 0. The van der Waals surface area contributed by atoms with Crippen LogP contribution in [0.5, 0.6) is 5.75 Å². The van der Waals surface area contributed by atoms with E-state index < -0.39 is 37.1 Å². The Kier molecular flexibility index (Phi) is 9.28. The zero-order valence-electron chi connectivity index (χ0n) is 18.6. The first-order valence-electron chi connectivity index (χ1n) is 10.9. The summed E-state index contributed by atoms with van der Waals surface area (Å²) in [6.45, 7) is 6.15. The number of rotatable bonds is 10. The van der Waals surface area contributed by atoms with E-state index >= 15 is 0 Å². The van der Waals surface area contributed by atoms with Crippen molar-refractivity contribution in [2.45, 2.75) is 50.5 Å². The fourth-order valence-corrected chi connectivity index (χ4v) is 4.16. The molecule has 1 saturated heterocycles. The zero-order chi connectivity index (χ0) is 24.0. The molecule has 5 atom stereocenters. The molecule has 4 N–H and O–H groups in total. The molecular weight excluding hydrogens is 448 g/mol. The number of hydrogen-bond acceptors (Lipinski definition) is 7. The van der Waals surface area contributed by atoms with Crippen molar-refractivity contribution in [1.82, 2.24) is 0 Å². The van der Waals surface area contributed by atoms with E-state index in [9.17, 15) is 20.4 Å². The molecule has 7 nitrogen and oxygen atoms in total. The maximum Gasteiger partial charge on any atom is 0.119 e. The van der Waals surface area contributed by atoms with Gasteiger partial charge in [0.15, 0.2) is 0 Å². The molecule has 2 aromatic carbocycles. The second-order valence-corrected chi connectivity index (χ2v) is 8.36. The molecule has 8 heteroatoms. The van der Waals surface area contributed by atoms with Gasteiger partial charge in [-0.15, -0.1) is 6.58 Å². The van der Waals surface area contributed by atoms with Crippen LogP contribution in [-0.2, 0) is 22.5 Å². The Morgan fingerprint density at radius 2 is 1.79 bits per heavy atom. The third-order valence-corrected chi connectivity index (χ3v) is 5.98. The lowest BCUT2D eigenvalue weighted by Crippen LogP contribution is -2.55. The Morgan fingerprint density at radius 3 is 2.42 bits per heavy atom. The van der Waals surface area contributed by atoms with Crippen molar-refractivity contribution >= 4 is 11.6 Å². The van der Waals surface area contributed by atoms with Gasteiger partial charge in [-0.1, -0.05) is 35.9 Å². The Bertz CT molecular complexity index is 916. The van der Waals surface area contributed by atoms with Crippen LogP contribution < -0.4 is 4.74 Å². The molecule has 1 heterocycles. The van der Waals surface area contributed by atoms with E-state index in [-0.39, 0.29) is 6.61 Å². The van der Waals surface area contributed by atoms with Gasteiger partial charge in [0.05, 0.1) is 26.4 Å². The van der Waals surface area contributed by atoms with Crippen molar-refractivity contribution < 1.29 is 34.6 Å². The standard InChI is InChI=1S/C25H31ClO7/c1-3-9-31-14-17-12-20(26)16(10-15-5-7-18(8-6-15)32-4-2)11-19(17)25-24(30)23(29)22(28)21(13-27)33-25/h3,5-8,11-12,21-25,27-30H,1,4,9-10,13-14H2,2H3/t21-,22-,23+,24-,25+/m1/s1. The second kappa shape index (κ2) is 11.9. The fraction of sp³-hybridized carbons (Fsp3) is 0.440. The lowest BCUT2D eigenvalue weighted by atomic mass is 9.87. The van der Waals surface area contributed by atoms with Gasteiger partial charge in [-0.3, -0.25) is 0 Å². The van der Waals surface area contributed by atoms with E-state index in [1.807, 2.05) is 37.3 Å². The summed E-state index contributed by atoms with van der Waals surface area (Å²) in [6.07, 6.45) is -4.18. The molecule has 1 aliphatic heterocycles. The molecule has 0 saturated carbocycles. The molecule has 3 rings (SSSR count). The average Bonchev–Trinajstić information content (AvgIpc) is 2.81. The third kappa shape index (κ3) is 6.13. The van der Waals surface area contributed by atoms with Gasteiger partial charge in [-0.25, -0.2) is 0 Å². The molecule has 0 radical (unpaired) electrons. The molecule has 2 aromatic rings. The van der Waals surface area contributed by atoms with Crippen molar-refractivity contribution in [3.8, 4) is 5.75 Å². The van der Waals surface area contributed by atoms with Crippen LogP contribution in [0, 0.1) is 0 Å². The van der Waals surface area contributed by atoms with Crippen LogP contribution in [0.3, 0.4) is 0 Å². The van der Waals surface area contributed by atoms with Gasteiger partial charge in [-0.05, 0) is 53.8 Å². The molecule has 1 fully saturated rings. The van der Waals surface area contributed by atoms with E-state index in [0.717, 1.165) is 16.9 Å². The largest absolute Gasteiger partial charge is 0.494 e. The van der Waals surface area contributed by atoms with Crippen molar-refractivity contribution in [2.75, 3.05) is 19.8 Å². The van der Waals surface area contributed by atoms with Crippen LogP contribution in [0.4, 0.5) is 0 Å². The Labute approximate surface area is 198 Å². The summed E-state index contributed by atoms with van der Waals surface area (Å²) < 4.78 is 16.9. The van der Waals surface area contributed by atoms with Crippen LogP contribution in [0.2, 0.25) is 5.02 Å². The van der Waals surface area contributed by atoms with Gasteiger partial charge in [0.1, 0.15) is 36.3 Å².